The van der Waals surface area contributed by atoms with E-state index in [0.717, 1.165) is 22.6 Å². The maximum atomic E-state index is 13.8. The van der Waals surface area contributed by atoms with Crippen LogP contribution >= 0.6 is 23.8 Å². The van der Waals surface area contributed by atoms with E-state index in [2.05, 4.69) is 16.0 Å². The first-order valence-electron chi connectivity index (χ1n) is 10.3. The maximum absolute atomic E-state index is 13.8. The van der Waals surface area contributed by atoms with Crippen LogP contribution < -0.4 is 20.7 Å². The Balaban J connectivity index is 1.73. The zero-order valence-electron chi connectivity index (χ0n) is 17.8. The van der Waals surface area contributed by atoms with Crippen LogP contribution in [0, 0.1) is 12.8 Å². The molecule has 5 nitrogen and oxygen atoms in total. The second kappa shape index (κ2) is 9.59. The van der Waals surface area contributed by atoms with Crippen molar-refractivity contribution in [1.82, 2.24) is 10.6 Å². The van der Waals surface area contributed by atoms with Crippen molar-refractivity contribution >= 4 is 40.4 Å². The summed E-state index contributed by atoms with van der Waals surface area (Å²) in [4.78, 5) is 13.8. The second-order valence-corrected chi connectivity index (χ2v) is 8.60. The van der Waals surface area contributed by atoms with Crippen molar-refractivity contribution in [3.8, 4) is 5.75 Å². The molecule has 4 rings (SSSR count). The number of carbonyl (C=O) groups is 1. The quantitative estimate of drug-likeness (QED) is 0.347. The zero-order valence-corrected chi connectivity index (χ0v) is 19.3. The lowest BCUT2D eigenvalue weighted by Gasteiger charge is -2.41. The van der Waals surface area contributed by atoms with Crippen LogP contribution in [0.1, 0.15) is 27.5 Å². The lowest BCUT2D eigenvalue weighted by Crippen LogP contribution is -2.61. The fourth-order valence-corrected chi connectivity index (χ4v) is 4.24. The minimum absolute atomic E-state index is 0.0137. The Morgan fingerprint density at radius 1 is 0.969 bits per heavy atom. The Kier molecular flexibility index (Phi) is 6.63. The van der Waals surface area contributed by atoms with E-state index < -0.39 is 12.1 Å². The molecule has 1 heterocycles. The highest BCUT2D eigenvalue weighted by atomic mass is 35.5. The molecule has 32 heavy (non-hydrogen) atoms. The van der Waals surface area contributed by atoms with Gasteiger partial charge in [0.05, 0.1) is 19.1 Å². The molecule has 1 aliphatic heterocycles. The molecule has 3 aromatic rings. The summed E-state index contributed by atoms with van der Waals surface area (Å²) in [6.07, 6.45) is -0.425. The van der Waals surface area contributed by atoms with Gasteiger partial charge < -0.3 is 20.7 Å². The number of benzene rings is 3. The minimum Gasteiger partial charge on any atom is -0.497 e. The van der Waals surface area contributed by atoms with Crippen molar-refractivity contribution in [3.63, 3.8) is 0 Å². The Morgan fingerprint density at radius 3 is 2.25 bits per heavy atom. The first-order valence-corrected chi connectivity index (χ1v) is 11.1. The average molecular weight is 466 g/mol. The molecule has 1 saturated heterocycles. The first kappa shape index (κ1) is 22.1. The SMILES string of the molecule is COc1ccc([C@@H]2NC(=S)N[C@H](Nc3ccc(Cl)cc3)[C@@H]2C(=O)c2ccc(C)cc2)cc1. The van der Waals surface area contributed by atoms with Crippen LogP contribution in [-0.4, -0.2) is 24.2 Å². The number of hydrogen-bond acceptors (Lipinski definition) is 4. The minimum atomic E-state index is -0.478. The Hall–Kier alpha value is -3.09. The van der Waals surface area contributed by atoms with E-state index in [1.165, 1.54) is 0 Å². The van der Waals surface area contributed by atoms with Gasteiger partial charge >= 0.3 is 0 Å². The Bertz CT molecular complexity index is 1100. The molecule has 0 spiro atoms. The third-order valence-electron chi connectivity index (χ3n) is 5.57. The van der Waals surface area contributed by atoms with Gasteiger partial charge in [0.2, 0.25) is 0 Å². The predicted octanol–water partition coefficient (Wildman–Crippen LogP) is 5.11. The number of ether oxygens (including phenoxy) is 1. The zero-order chi connectivity index (χ0) is 22.7. The molecular weight excluding hydrogens is 442 g/mol. The second-order valence-electron chi connectivity index (χ2n) is 7.75. The highest BCUT2D eigenvalue weighted by Crippen LogP contribution is 2.32. The molecule has 0 amide bonds. The molecule has 1 aliphatic rings. The highest BCUT2D eigenvalue weighted by molar-refractivity contribution is 7.80. The third kappa shape index (κ3) is 4.87. The van der Waals surface area contributed by atoms with E-state index in [9.17, 15) is 4.79 Å². The van der Waals surface area contributed by atoms with Crippen molar-refractivity contribution in [2.24, 2.45) is 5.92 Å². The van der Waals surface area contributed by atoms with Crippen molar-refractivity contribution in [1.29, 1.82) is 0 Å². The lowest BCUT2D eigenvalue weighted by molar-refractivity contribution is 0.0862. The summed E-state index contributed by atoms with van der Waals surface area (Å²) in [5, 5.41) is 11.1. The van der Waals surface area contributed by atoms with Gasteiger partial charge in [-0.15, -0.1) is 0 Å². The van der Waals surface area contributed by atoms with Crippen LogP contribution in [0.5, 0.6) is 5.75 Å². The van der Waals surface area contributed by atoms with Crippen molar-refractivity contribution in [3.05, 3.63) is 94.5 Å². The normalized spacial score (nSPS) is 20.1. The topological polar surface area (TPSA) is 62.4 Å². The van der Waals surface area contributed by atoms with Crippen molar-refractivity contribution < 1.29 is 9.53 Å². The molecule has 3 aromatic carbocycles. The number of nitrogens with one attached hydrogen (secondary N) is 3. The van der Waals surface area contributed by atoms with Gasteiger partial charge in [0.25, 0.3) is 0 Å². The van der Waals surface area contributed by atoms with Gasteiger partial charge in [0, 0.05) is 16.3 Å². The van der Waals surface area contributed by atoms with Crippen molar-refractivity contribution in [2.75, 3.05) is 12.4 Å². The summed E-state index contributed by atoms with van der Waals surface area (Å²) in [6.45, 7) is 2.00. The van der Waals surface area contributed by atoms with Crippen LogP contribution in [0.4, 0.5) is 5.69 Å². The van der Waals surface area contributed by atoms with Gasteiger partial charge in [-0.1, -0.05) is 53.6 Å². The van der Waals surface area contributed by atoms with Crippen LogP contribution in [-0.2, 0) is 0 Å². The summed E-state index contributed by atoms with van der Waals surface area (Å²) in [5.41, 5.74) is 3.54. The summed E-state index contributed by atoms with van der Waals surface area (Å²) in [7, 11) is 1.63. The van der Waals surface area contributed by atoms with Crippen LogP contribution in [0.15, 0.2) is 72.8 Å². The number of aryl methyl sites for hydroxylation is 1. The highest BCUT2D eigenvalue weighted by Gasteiger charge is 2.41. The molecule has 164 valence electrons. The standard InChI is InChI=1S/C25H24ClN3O2S/c1-15-3-5-17(6-4-15)23(30)21-22(16-7-13-20(31-2)14-8-16)28-25(32)29-24(21)27-19-11-9-18(26)10-12-19/h3-14,21-22,24,27H,1-2H3,(H2,28,29,32)/t21-,22-,24-/m0/s1. The monoisotopic (exact) mass is 465 g/mol. The van der Waals surface area contributed by atoms with E-state index >= 15 is 0 Å². The molecule has 0 aliphatic carbocycles. The number of thiocarbonyl (C=S) groups is 1. The smallest absolute Gasteiger partial charge is 0.172 e. The fraction of sp³-hybridized carbons (Fsp3) is 0.200. The Labute approximate surface area is 198 Å². The molecule has 1 fully saturated rings. The van der Waals surface area contributed by atoms with Gasteiger partial charge in [0.15, 0.2) is 10.9 Å². The maximum Gasteiger partial charge on any atom is 0.172 e. The van der Waals surface area contributed by atoms with E-state index in [4.69, 9.17) is 28.6 Å². The number of hydrogen-bond donors (Lipinski definition) is 3. The van der Waals surface area contributed by atoms with Crippen LogP contribution in [0.3, 0.4) is 0 Å². The Morgan fingerprint density at radius 2 is 1.62 bits per heavy atom. The fourth-order valence-electron chi connectivity index (χ4n) is 3.86. The largest absolute Gasteiger partial charge is 0.497 e. The van der Waals surface area contributed by atoms with Gasteiger partial charge in [0.1, 0.15) is 11.9 Å². The van der Waals surface area contributed by atoms with E-state index in [1.807, 2.05) is 67.6 Å². The summed E-state index contributed by atoms with van der Waals surface area (Å²) in [5.74, 6) is 0.288. The molecule has 0 aromatic heterocycles. The van der Waals surface area contributed by atoms with Gasteiger partial charge in [-0.2, -0.15) is 0 Å². The van der Waals surface area contributed by atoms with E-state index in [-0.39, 0.29) is 11.8 Å². The van der Waals surface area contributed by atoms with E-state index in [1.54, 1.807) is 19.2 Å². The van der Waals surface area contributed by atoms with Crippen molar-refractivity contribution in [2.45, 2.75) is 19.1 Å². The van der Waals surface area contributed by atoms with E-state index in [0.29, 0.717) is 15.7 Å². The molecule has 0 unspecified atom stereocenters. The summed E-state index contributed by atoms with van der Waals surface area (Å²) >= 11 is 11.5. The number of rotatable bonds is 6. The molecule has 3 atom stereocenters. The average Bonchev–Trinajstić information content (AvgIpc) is 2.80. The van der Waals surface area contributed by atoms with Crippen LogP contribution in [0.25, 0.3) is 0 Å². The number of Topliss-reactive ketones (excluding diaryl/α,β-unsaturated/α-hetero) is 1. The molecule has 0 radical (unpaired) electrons. The molecule has 0 saturated carbocycles. The van der Waals surface area contributed by atoms with Gasteiger partial charge in [-0.3, -0.25) is 4.79 Å². The number of methoxy groups -OCH3 is 1. The number of halogens is 1. The predicted molar refractivity (Wildman–Crippen MR) is 132 cm³/mol. The molecular formula is C25H24ClN3O2S. The third-order valence-corrected chi connectivity index (χ3v) is 6.06. The summed E-state index contributed by atoms with van der Waals surface area (Å²) in [6, 6.07) is 22.4. The van der Waals surface area contributed by atoms with Gasteiger partial charge in [-0.25, -0.2) is 0 Å². The number of anilines is 1. The molecule has 0 bridgehead atoms. The molecule has 7 heteroatoms. The van der Waals surface area contributed by atoms with Crippen LogP contribution in [0.2, 0.25) is 5.02 Å². The van der Waals surface area contributed by atoms with Gasteiger partial charge in [-0.05, 0) is 61.1 Å². The summed E-state index contributed by atoms with van der Waals surface area (Å²) < 4.78 is 5.29. The molecule has 3 N–H and O–H groups in total. The number of ketones is 1. The lowest BCUT2D eigenvalue weighted by atomic mass is 9.82. The number of carbonyl (C=O) groups excluding carboxylic acids is 1. The first-order chi connectivity index (χ1) is 15.4.